The number of hydrogen-bond acceptors (Lipinski definition) is 5. The third kappa shape index (κ3) is 3.18. The highest BCUT2D eigenvalue weighted by atomic mass is 16.2. The Morgan fingerprint density at radius 2 is 2.15 bits per heavy atom. The van der Waals surface area contributed by atoms with Gasteiger partial charge in [-0.3, -0.25) is 19.3 Å². The van der Waals surface area contributed by atoms with E-state index in [1.807, 2.05) is 27.5 Å². The molecule has 2 aromatic heterocycles. The van der Waals surface area contributed by atoms with Gasteiger partial charge in [-0.05, 0) is 25.8 Å². The third-order valence-electron chi connectivity index (χ3n) is 5.12. The minimum atomic E-state index is -0.149. The predicted molar refractivity (Wildman–Crippen MR) is 93.1 cm³/mol. The van der Waals surface area contributed by atoms with Gasteiger partial charge in [0.05, 0.1) is 30.2 Å². The SMILES string of the molecule is Cc1cnc(C(=O)N2Cc3ccnn3CC[C@H]2CN2CCCC2=O)cn1. The van der Waals surface area contributed by atoms with Crippen molar-refractivity contribution >= 4 is 11.8 Å². The maximum Gasteiger partial charge on any atom is 0.274 e. The number of fused-ring (bicyclic) bond motifs is 1. The van der Waals surface area contributed by atoms with Crippen molar-refractivity contribution in [1.29, 1.82) is 0 Å². The highest BCUT2D eigenvalue weighted by molar-refractivity contribution is 5.92. The molecule has 26 heavy (non-hydrogen) atoms. The number of nitrogens with zero attached hydrogens (tertiary/aromatic N) is 6. The van der Waals surface area contributed by atoms with Crippen LogP contribution in [-0.2, 0) is 17.9 Å². The summed E-state index contributed by atoms with van der Waals surface area (Å²) in [6, 6.07) is 1.87. The summed E-state index contributed by atoms with van der Waals surface area (Å²) in [5.74, 6) is 0.0262. The quantitative estimate of drug-likeness (QED) is 0.822. The Labute approximate surface area is 151 Å². The summed E-state index contributed by atoms with van der Waals surface area (Å²) in [6.07, 6.45) is 7.14. The van der Waals surface area contributed by atoms with Gasteiger partial charge in [0, 0.05) is 38.4 Å². The van der Waals surface area contributed by atoms with Crippen molar-refractivity contribution in [2.24, 2.45) is 0 Å². The molecular formula is C18H22N6O2. The monoisotopic (exact) mass is 354 g/mol. The summed E-state index contributed by atoms with van der Waals surface area (Å²) >= 11 is 0. The highest BCUT2D eigenvalue weighted by Crippen LogP contribution is 2.22. The van der Waals surface area contributed by atoms with E-state index >= 15 is 0 Å². The van der Waals surface area contributed by atoms with E-state index in [-0.39, 0.29) is 17.9 Å². The fourth-order valence-electron chi connectivity index (χ4n) is 3.66. The Morgan fingerprint density at radius 3 is 2.88 bits per heavy atom. The van der Waals surface area contributed by atoms with Crippen LogP contribution in [0.2, 0.25) is 0 Å². The van der Waals surface area contributed by atoms with Gasteiger partial charge in [-0.2, -0.15) is 5.10 Å². The molecule has 0 unspecified atom stereocenters. The molecule has 1 atom stereocenters. The first kappa shape index (κ1) is 16.7. The number of aromatic nitrogens is 4. The van der Waals surface area contributed by atoms with Crippen molar-refractivity contribution in [3.05, 3.63) is 41.7 Å². The molecule has 0 spiro atoms. The van der Waals surface area contributed by atoms with Crippen molar-refractivity contribution in [3.8, 4) is 0 Å². The van der Waals surface area contributed by atoms with Gasteiger partial charge in [0.1, 0.15) is 5.69 Å². The molecule has 8 heteroatoms. The number of hydrogen-bond donors (Lipinski definition) is 0. The smallest absolute Gasteiger partial charge is 0.274 e. The molecule has 2 amide bonds. The Balaban J connectivity index is 1.61. The molecule has 0 radical (unpaired) electrons. The van der Waals surface area contributed by atoms with E-state index in [1.165, 1.54) is 6.20 Å². The van der Waals surface area contributed by atoms with Crippen LogP contribution in [0.1, 0.15) is 41.1 Å². The molecule has 4 rings (SSSR count). The van der Waals surface area contributed by atoms with Crippen LogP contribution in [0.5, 0.6) is 0 Å². The van der Waals surface area contributed by atoms with E-state index in [2.05, 4.69) is 15.1 Å². The van der Waals surface area contributed by atoms with Gasteiger partial charge in [-0.15, -0.1) is 0 Å². The molecule has 136 valence electrons. The van der Waals surface area contributed by atoms with E-state index in [0.29, 0.717) is 25.2 Å². The third-order valence-corrected chi connectivity index (χ3v) is 5.12. The van der Waals surface area contributed by atoms with Crippen LogP contribution in [0.15, 0.2) is 24.7 Å². The summed E-state index contributed by atoms with van der Waals surface area (Å²) in [4.78, 5) is 37.4. The minimum Gasteiger partial charge on any atom is -0.341 e. The van der Waals surface area contributed by atoms with Crippen LogP contribution >= 0.6 is 0 Å². The molecule has 1 fully saturated rings. The Kier molecular flexibility index (Phi) is 4.40. The van der Waals surface area contributed by atoms with Gasteiger partial charge in [-0.25, -0.2) is 4.98 Å². The predicted octanol–water partition coefficient (Wildman–Crippen LogP) is 1.02. The largest absolute Gasteiger partial charge is 0.341 e. The molecule has 2 aromatic rings. The lowest BCUT2D eigenvalue weighted by Crippen LogP contribution is -2.46. The average Bonchev–Trinajstić information content (AvgIpc) is 3.21. The minimum absolute atomic E-state index is 0.0608. The number of aryl methyl sites for hydroxylation is 2. The molecule has 0 N–H and O–H groups in total. The highest BCUT2D eigenvalue weighted by Gasteiger charge is 2.33. The second-order valence-corrected chi connectivity index (χ2v) is 6.91. The summed E-state index contributed by atoms with van der Waals surface area (Å²) in [7, 11) is 0. The number of carbonyl (C=O) groups excluding carboxylic acids is 2. The normalized spacial score (nSPS) is 20.2. The first-order valence-electron chi connectivity index (χ1n) is 9.00. The fourth-order valence-corrected chi connectivity index (χ4v) is 3.66. The fraction of sp³-hybridized carbons (Fsp3) is 0.500. The lowest BCUT2D eigenvalue weighted by molar-refractivity contribution is -0.128. The average molecular weight is 354 g/mol. The zero-order valence-corrected chi connectivity index (χ0v) is 14.8. The molecule has 0 aliphatic carbocycles. The van der Waals surface area contributed by atoms with Gasteiger partial charge in [-0.1, -0.05) is 0 Å². The number of likely N-dealkylation sites (tertiary alicyclic amines) is 1. The van der Waals surface area contributed by atoms with Gasteiger partial charge in [0.15, 0.2) is 0 Å². The maximum absolute atomic E-state index is 13.2. The summed E-state index contributed by atoms with van der Waals surface area (Å²) in [6.45, 7) is 4.37. The van der Waals surface area contributed by atoms with Gasteiger partial charge < -0.3 is 9.80 Å². The summed E-state index contributed by atoms with van der Waals surface area (Å²) in [5.41, 5.74) is 2.10. The van der Waals surface area contributed by atoms with E-state index in [4.69, 9.17) is 0 Å². The lowest BCUT2D eigenvalue weighted by Gasteiger charge is -2.32. The summed E-state index contributed by atoms with van der Waals surface area (Å²) in [5, 5.41) is 4.35. The molecular weight excluding hydrogens is 332 g/mol. The maximum atomic E-state index is 13.2. The van der Waals surface area contributed by atoms with E-state index < -0.39 is 0 Å². The zero-order valence-electron chi connectivity index (χ0n) is 14.8. The topological polar surface area (TPSA) is 84.2 Å². The zero-order chi connectivity index (χ0) is 18.1. The molecule has 0 saturated carbocycles. The summed E-state index contributed by atoms with van der Waals surface area (Å²) < 4.78 is 1.94. The van der Waals surface area contributed by atoms with E-state index in [1.54, 1.807) is 12.4 Å². The van der Waals surface area contributed by atoms with Crippen molar-refractivity contribution in [2.45, 2.75) is 45.3 Å². The van der Waals surface area contributed by atoms with Gasteiger partial charge in [0.2, 0.25) is 5.91 Å². The number of carbonyl (C=O) groups is 2. The molecule has 0 aromatic carbocycles. The van der Waals surface area contributed by atoms with Crippen LogP contribution in [0.4, 0.5) is 0 Å². The van der Waals surface area contributed by atoms with Crippen molar-refractivity contribution < 1.29 is 9.59 Å². The second-order valence-electron chi connectivity index (χ2n) is 6.91. The molecule has 8 nitrogen and oxygen atoms in total. The van der Waals surface area contributed by atoms with Crippen LogP contribution in [0.25, 0.3) is 0 Å². The van der Waals surface area contributed by atoms with Crippen molar-refractivity contribution in [2.75, 3.05) is 13.1 Å². The number of rotatable bonds is 3. The van der Waals surface area contributed by atoms with Crippen LogP contribution in [0.3, 0.4) is 0 Å². The number of amides is 2. The van der Waals surface area contributed by atoms with Crippen molar-refractivity contribution in [1.82, 2.24) is 29.5 Å². The Morgan fingerprint density at radius 1 is 1.27 bits per heavy atom. The second kappa shape index (κ2) is 6.86. The van der Waals surface area contributed by atoms with Gasteiger partial charge >= 0.3 is 0 Å². The Bertz CT molecular complexity index is 815. The van der Waals surface area contributed by atoms with Crippen LogP contribution < -0.4 is 0 Å². The standard InChI is InChI=1S/C18H22N6O2/c1-13-9-20-16(10-19-13)18(26)23-12-15-4-6-21-24(15)8-5-14(23)11-22-7-2-3-17(22)25/h4,6,9-10,14H,2-3,5,7-8,11-12H2,1H3/t14-/m0/s1. The Hall–Kier alpha value is -2.77. The van der Waals surface area contributed by atoms with Crippen LogP contribution in [0, 0.1) is 6.92 Å². The molecule has 1 saturated heterocycles. The molecule has 4 heterocycles. The first-order valence-corrected chi connectivity index (χ1v) is 9.00. The lowest BCUT2D eigenvalue weighted by atomic mass is 10.1. The van der Waals surface area contributed by atoms with Gasteiger partial charge in [0.25, 0.3) is 5.91 Å². The molecule has 2 aliphatic rings. The first-order chi connectivity index (χ1) is 12.6. The van der Waals surface area contributed by atoms with E-state index in [9.17, 15) is 9.59 Å². The molecule has 2 aliphatic heterocycles. The van der Waals surface area contributed by atoms with Crippen molar-refractivity contribution in [3.63, 3.8) is 0 Å². The van der Waals surface area contributed by atoms with E-state index in [0.717, 1.165) is 37.3 Å². The molecule has 0 bridgehead atoms. The van der Waals surface area contributed by atoms with Crippen LogP contribution in [-0.4, -0.2) is 60.5 Å².